The molecule has 0 saturated carbocycles. The van der Waals surface area contributed by atoms with E-state index in [1.54, 1.807) is 11.3 Å². The quantitative estimate of drug-likeness (QED) is 0.434. The van der Waals surface area contributed by atoms with Gasteiger partial charge in [0.25, 0.3) is 0 Å². The van der Waals surface area contributed by atoms with Gasteiger partial charge in [0.15, 0.2) is 5.96 Å². The van der Waals surface area contributed by atoms with E-state index < -0.39 is 0 Å². The van der Waals surface area contributed by atoms with Crippen molar-refractivity contribution in [2.45, 2.75) is 33.2 Å². The van der Waals surface area contributed by atoms with Crippen molar-refractivity contribution >= 4 is 41.3 Å². The van der Waals surface area contributed by atoms with Crippen LogP contribution >= 0.6 is 35.3 Å². The van der Waals surface area contributed by atoms with Gasteiger partial charge in [-0.2, -0.15) is 0 Å². The number of aromatic nitrogens is 1. The van der Waals surface area contributed by atoms with Gasteiger partial charge in [0.05, 0.1) is 30.5 Å². The Labute approximate surface area is 164 Å². The largest absolute Gasteiger partial charge is 0.372 e. The van der Waals surface area contributed by atoms with Gasteiger partial charge in [0.2, 0.25) is 0 Å². The Hall–Kier alpha value is -1.19. The lowest BCUT2D eigenvalue weighted by Gasteiger charge is -2.21. The molecule has 7 heteroatoms. The van der Waals surface area contributed by atoms with Gasteiger partial charge in [0.1, 0.15) is 0 Å². The second kappa shape index (κ2) is 8.77. The summed E-state index contributed by atoms with van der Waals surface area (Å²) in [6.07, 6.45) is 0. The number of hydrogen-bond acceptors (Lipinski definition) is 4. The van der Waals surface area contributed by atoms with Crippen LogP contribution in [0.5, 0.6) is 0 Å². The van der Waals surface area contributed by atoms with Gasteiger partial charge in [-0.15, -0.1) is 35.3 Å². The minimum absolute atomic E-state index is 0. The molecule has 1 aromatic heterocycles. The van der Waals surface area contributed by atoms with Crippen LogP contribution in [0.25, 0.3) is 0 Å². The van der Waals surface area contributed by atoms with Gasteiger partial charge in [0, 0.05) is 26.0 Å². The molecule has 24 heavy (non-hydrogen) atoms. The smallest absolute Gasteiger partial charge is 0.194 e. The van der Waals surface area contributed by atoms with Crippen LogP contribution in [0.15, 0.2) is 28.6 Å². The minimum Gasteiger partial charge on any atom is -0.372 e. The molecular formula is C17H23IN4OS. The van der Waals surface area contributed by atoms with E-state index in [0.717, 1.165) is 43.0 Å². The zero-order chi connectivity index (χ0) is 16.2. The summed E-state index contributed by atoms with van der Waals surface area (Å²) in [5.41, 5.74) is 4.92. The van der Waals surface area contributed by atoms with Gasteiger partial charge in [-0.05, 0) is 23.6 Å². The molecule has 0 radical (unpaired) electrons. The summed E-state index contributed by atoms with van der Waals surface area (Å²) in [5, 5.41) is 6.61. The minimum atomic E-state index is 0. The second-order valence-corrected chi connectivity index (χ2v) is 6.77. The topological polar surface area (TPSA) is 49.8 Å². The fraction of sp³-hybridized carbons (Fsp3) is 0.412. The first-order valence-corrected chi connectivity index (χ1v) is 8.55. The molecule has 1 aliphatic rings. The van der Waals surface area contributed by atoms with E-state index in [-0.39, 0.29) is 24.0 Å². The number of ether oxygens (including phenoxy) is 1. The average molecular weight is 458 g/mol. The highest BCUT2D eigenvalue weighted by Crippen LogP contribution is 2.20. The van der Waals surface area contributed by atoms with Gasteiger partial charge in [-0.1, -0.05) is 18.2 Å². The highest BCUT2D eigenvalue weighted by Gasteiger charge is 2.12. The van der Waals surface area contributed by atoms with E-state index in [4.69, 9.17) is 4.74 Å². The zero-order valence-corrected chi connectivity index (χ0v) is 17.4. The van der Waals surface area contributed by atoms with Crippen molar-refractivity contribution in [1.29, 1.82) is 0 Å². The first-order chi connectivity index (χ1) is 11.2. The summed E-state index contributed by atoms with van der Waals surface area (Å²) in [7, 11) is 3.84. The number of benzene rings is 1. The molecule has 2 aromatic rings. The number of rotatable bonds is 4. The lowest BCUT2D eigenvalue weighted by atomic mass is 10.1. The highest BCUT2D eigenvalue weighted by molar-refractivity contribution is 14.0. The Balaban J connectivity index is 0.00000208. The maximum atomic E-state index is 5.46. The van der Waals surface area contributed by atoms with E-state index in [1.807, 2.05) is 21.0 Å². The van der Waals surface area contributed by atoms with Crippen molar-refractivity contribution in [1.82, 2.24) is 15.2 Å². The molecule has 0 saturated heterocycles. The molecule has 5 nitrogen and oxygen atoms in total. The number of hydrogen-bond donors (Lipinski definition) is 1. The van der Waals surface area contributed by atoms with Crippen LogP contribution in [0.3, 0.4) is 0 Å². The molecule has 2 heterocycles. The molecule has 0 spiro atoms. The molecule has 0 atom stereocenters. The van der Waals surface area contributed by atoms with Crippen molar-refractivity contribution in [2.75, 3.05) is 14.1 Å². The number of nitrogens with one attached hydrogen (secondary N) is 1. The number of aryl methyl sites for hydroxylation is 1. The van der Waals surface area contributed by atoms with Crippen molar-refractivity contribution in [3.8, 4) is 0 Å². The molecule has 0 aliphatic carbocycles. The van der Waals surface area contributed by atoms with E-state index in [9.17, 15) is 0 Å². The normalized spacial score (nSPS) is 13.4. The van der Waals surface area contributed by atoms with Crippen LogP contribution in [0.2, 0.25) is 0 Å². The first kappa shape index (κ1) is 19.1. The summed E-state index contributed by atoms with van der Waals surface area (Å²) in [6, 6.07) is 6.52. The zero-order valence-electron chi connectivity index (χ0n) is 14.2. The van der Waals surface area contributed by atoms with Crippen LogP contribution in [0.4, 0.5) is 0 Å². The number of aliphatic imine (C=N–C) groups is 1. The van der Waals surface area contributed by atoms with E-state index in [2.05, 4.69) is 43.8 Å². The van der Waals surface area contributed by atoms with Gasteiger partial charge in [-0.3, -0.25) is 4.99 Å². The molecule has 0 amide bonds. The Morgan fingerprint density at radius 2 is 2.17 bits per heavy atom. The second-order valence-electron chi connectivity index (χ2n) is 5.71. The van der Waals surface area contributed by atoms with Crippen molar-refractivity contribution < 1.29 is 4.74 Å². The number of halogens is 1. The molecule has 1 aromatic carbocycles. The van der Waals surface area contributed by atoms with Crippen molar-refractivity contribution in [3.05, 3.63) is 51.0 Å². The van der Waals surface area contributed by atoms with E-state index in [0.29, 0.717) is 0 Å². The predicted molar refractivity (Wildman–Crippen MR) is 109 cm³/mol. The predicted octanol–water partition coefficient (Wildman–Crippen LogP) is 3.31. The molecule has 0 unspecified atom stereocenters. The third-order valence-electron chi connectivity index (χ3n) is 3.88. The van der Waals surface area contributed by atoms with Crippen molar-refractivity contribution in [2.24, 2.45) is 4.99 Å². The Bertz CT molecular complexity index is 716. The number of nitrogens with zero attached hydrogens (tertiary/aromatic N) is 3. The maximum absolute atomic E-state index is 5.46. The number of fused-ring (bicyclic) bond motifs is 1. The lowest BCUT2D eigenvalue weighted by molar-refractivity contribution is 0.134. The summed E-state index contributed by atoms with van der Waals surface area (Å²) in [5.74, 6) is 0.868. The highest BCUT2D eigenvalue weighted by atomic mass is 127. The summed E-state index contributed by atoms with van der Waals surface area (Å²) >= 11 is 1.68. The van der Waals surface area contributed by atoms with Crippen LogP contribution in [-0.4, -0.2) is 29.9 Å². The summed E-state index contributed by atoms with van der Waals surface area (Å²) in [4.78, 5) is 11.0. The summed E-state index contributed by atoms with van der Waals surface area (Å²) < 4.78 is 5.46. The van der Waals surface area contributed by atoms with Gasteiger partial charge in [-0.25, -0.2) is 4.98 Å². The maximum Gasteiger partial charge on any atom is 0.194 e. The Morgan fingerprint density at radius 1 is 1.38 bits per heavy atom. The molecule has 0 bridgehead atoms. The fourth-order valence-corrected chi connectivity index (χ4v) is 3.30. The monoisotopic (exact) mass is 458 g/mol. The standard InChI is InChI=1S/C17H22N4OS.HI/c1-12-20-16(11-23-12)8-21(3)17(18-2)19-7-13-4-5-14-9-22-10-15(14)6-13;/h4-6,11H,7-10H2,1-3H3,(H,18,19);1H. The number of thiazole rings is 1. The lowest BCUT2D eigenvalue weighted by Crippen LogP contribution is -2.38. The van der Waals surface area contributed by atoms with E-state index in [1.165, 1.54) is 16.7 Å². The van der Waals surface area contributed by atoms with Crippen LogP contribution < -0.4 is 5.32 Å². The number of guanidine groups is 1. The third kappa shape index (κ3) is 4.67. The van der Waals surface area contributed by atoms with Crippen LogP contribution in [0.1, 0.15) is 27.4 Å². The van der Waals surface area contributed by atoms with E-state index >= 15 is 0 Å². The van der Waals surface area contributed by atoms with Crippen molar-refractivity contribution in [3.63, 3.8) is 0 Å². The van der Waals surface area contributed by atoms with Gasteiger partial charge < -0.3 is 15.0 Å². The fourth-order valence-electron chi connectivity index (χ4n) is 2.70. The van der Waals surface area contributed by atoms with Crippen LogP contribution in [0, 0.1) is 6.92 Å². The molecule has 3 rings (SSSR count). The molecule has 0 fully saturated rings. The van der Waals surface area contributed by atoms with Gasteiger partial charge >= 0.3 is 0 Å². The Morgan fingerprint density at radius 3 is 2.88 bits per heavy atom. The Kier molecular flexibility index (Phi) is 7.00. The third-order valence-corrected chi connectivity index (χ3v) is 4.70. The average Bonchev–Trinajstić information content (AvgIpc) is 3.16. The molecular weight excluding hydrogens is 435 g/mol. The molecule has 130 valence electrons. The molecule has 1 aliphatic heterocycles. The molecule has 1 N–H and O–H groups in total. The SMILES string of the molecule is CN=C(NCc1ccc2c(c1)COC2)N(C)Cc1csc(C)n1.I. The first-order valence-electron chi connectivity index (χ1n) is 7.67. The summed E-state index contributed by atoms with van der Waals surface area (Å²) in [6.45, 7) is 4.99. The van der Waals surface area contributed by atoms with Crippen LogP contribution in [-0.2, 0) is 31.0 Å².